The molecule has 2 amide bonds. The van der Waals surface area contributed by atoms with E-state index in [0.717, 1.165) is 5.39 Å². The van der Waals surface area contributed by atoms with Gasteiger partial charge in [-0.3, -0.25) is 19.2 Å². The van der Waals surface area contributed by atoms with Crippen molar-refractivity contribution in [3.8, 4) is 11.1 Å². The molecule has 0 bridgehead atoms. The van der Waals surface area contributed by atoms with Gasteiger partial charge < -0.3 is 0 Å². The first-order valence-electron chi connectivity index (χ1n) is 11.9. The van der Waals surface area contributed by atoms with Crippen LogP contribution in [0, 0.1) is 0 Å². The molecule has 1 aliphatic carbocycles. The Morgan fingerprint density at radius 2 is 0.892 bits per heavy atom. The zero-order valence-electron chi connectivity index (χ0n) is 19.4. The summed E-state index contributed by atoms with van der Waals surface area (Å²) in [5.41, 5.74) is 3.56. The quantitative estimate of drug-likeness (QED) is 0.282. The summed E-state index contributed by atoms with van der Waals surface area (Å²) >= 11 is 0. The molecule has 0 radical (unpaired) electrons. The summed E-state index contributed by atoms with van der Waals surface area (Å²) < 4.78 is 0. The Balaban J connectivity index is 1.45. The van der Waals surface area contributed by atoms with Crippen LogP contribution in [0.5, 0.6) is 0 Å². The van der Waals surface area contributed by atoms with Crippen LogP contribution in [0.1, 0.15) is 52.6 Å². The molecule has 0 aromatic heterocycles. The minimum absolute atomic E-state index is 0.227. The van der Waals surface area contributed by atoms with Crippen molar-refractivity contribution in [3.05, 3.63) is 137 Å². The zero-order chi connectivity index (χ0) is 25.3. The van der Waals surface area contributed by atoms with Crippen molar-refractivity contribution in [2.24, 2.45) is 0 Å². The number of hydrogen-bond donors (Lipinski definition) is 0. The third kappa shape index (κ3) is 2.85. The second kappa shape index (κ2) is 7.67. The average Bonchev–Trinajstić information content (AvgIpc) is 2.94. The minimum Gasteiger partial charge on any atom is -0.289 e. The smallest absolute Gasteiger partial charge is 0.266 e. The van der Waals surface area contributed by atoms with Gasteiger partial charge in [-0.2, -0.15) is 0 Å². The number of fused-ring (bicyclic) bond motifs is 2. The van der Waals surface area contributed by atoms with Gasteiger partial charge in [-0.25, -0.2) is 4.90 Å². The van der Waals surface area contributed by atoms with Gasteiger partial charge in [0.25, 0.3) is 11.8 Å². The molecule has 0 atom stereocenters. The van der Waals surface area contributed by atoms with Gasteiger partial charge in [0, 0.05) is 44.3 Å². The third-order valence-electron chi connectivity index (χ3n) is 7.16. The highest BCUT2D eigenvalue weighted by Crippen LogP contribution is 2.41. The molecule has 1 aliphatic heterocycles. The number of amides is 2. The molecule has 37 heavy (non-hydrogen) atoms. The number of benzene rings is 5. The summed E-state index contributed by atoms with van der Waals surface area (Å²) in [7, 11) is 0. The third-order valence-corrected chi connectivity index (χ3v) is 7.16. The Kier molecular flexibility index (Phi) is 4.38. The molecule has 5 aromatic rings. The number of carbonyl (C=O) groups excluding carboxylic acids is 4. The van der Waals surface area contributed by atoms with Crippen LogP contribution in [0.3, 0.4) is 0 Å². The van der Waals surface area contributed by atoms with Crippen molar-refractivity contribution in [3.63, 3.8) is 0 Å². The van der Waals surface area contributed by atoms with Crippen LogP contribution >= 0.6 is 0 Å². The van der Waals surface area contributed by atoms with Crippen LogP contribution in [0.2, 0.25) is 0 Å². The lowest BCUT2D eigenvalue weighted by molar-refractivity contribution is 0.0892. The molecular formula is C32H17NO4. The van der Waals surface area contributed by atoms with Gasteiger partial charge in [0.05, 0.1) is 5.69 Å². The topological polar surface area (TPSA) is 71.5 Å². The maximum absolute atomic E-state index is 13.8. The Hall–Kier alpha value is -5.16. The van der Waals surface area contributed by atoms with E-state index in [0.29, 0.717) is 50.0 Å². The summed E-state index contributed by atoms with van der Waals surface area (Å²) in [5, 5.41) is 1.47. The normalized spacial score (nSPS) is 14.1. The number of nitrogens with zero attached hydrogens (tertiary/aromatic N) is 1. The molecule has 0 N–H and O–H groups in total. The van der Waals surface area contributed by atoms with E-state index in [4.69, 9.17) is 0 Å². The lowest BCUT2D eigenvalue weighted by atomic mass is 9.80. The molecule has 7 rings (SSSR count). The first-order valence-corrected chi connectivity index (χ1v) is 11.9. The first-order chi connectivity index (χ1) is 18.1. The van der Waals surface area contributed by atoms with Gasteiger partial charge >= 0.3 is 0 Å². The van der Waals surface area contributed by atoms with Crippen molar-refractivity contribution in [2.75, 3.05) is 4.90 Å². The average molecular weight is 479 g/mol. The number of rotatable bonds is 2. The summed E-state index contributed by atoms with van der Waals surface area (Å²) in [6.45, 7) is 0. The van der Waals surface area contributed by atoms with Crippen LogP contribution in [-0.2, 0) is 0 Å². The second-order valence-corrected chi connectivity index (χ2v) is 9.10. The molecule has 2 aliphatic rings. The van der Waals surface area contributed by atoms with E-state index >= 15 is 0 Å². The molecule has 1 heterocycles. The van der Waals surface area contributed by atoms with Gasteiger partial charge in [0.15, 0.2) is 11.6 Å². The number of ketones is 2. The highest BCUT2D eigenvalue weighted by atomic mass is 16.2. The minimum atomic E-state index is -0.431. The standard InChI is InChI=1S/C32H17NO4/c34-29-21-11-1-2-12-22(21)30(35)28-20(13-7-14-23(28)29)19-10-3-4-17-26(19)33-31(36)24-15-5-8-18-9-6-16-25(27(18)24)32(33)37/h1-17H. The van der Waals surface area contributed by atoms with Gasteiger partial charge in [-0.1, -0.05) is 84.9 Å². The van der Waals surface area contributed by atoms with E-state index in [1.54, 1.807) is 91.0 Å². The molecule has 0 saturated heterocycles. The molecule has 5 heteroatoms. The SMILES string of the molecule is O=C1c2ccccc2C(=O)c2c1cccc2-c1ccccc1N1C(=O)c2cccc3cccc(c23)C1=O. The Bertz CT molecular complexity index is 1820. The van der Waals surface area contributed by atoms with E-state index < -0.39 is 11.8 Å². The molecule has 5 aromatic carbocycles. The van der Waals surface area contributed by atoms with Gasteiger partial charge in [-0.15, -0.1) is 0 Å². The van der Waals surface area contributed by atoms with E-state index in [1.165, 1.54) is 4.90 Å². The molecular weight excluding hydrogens is 462 g/mol. The van der Waals surface area contributed by atoms with Crippen molar-refractivity contribution >= 4 is 39.8 Å². The highest BCUT2D eigenvalue weighted by molar-refractivity contribution is 6.37. The van der Waals surface area contributed by atoms with Gasteiger partial charge in [-0.05, 0) is 29.1 Å². The van der Waals surface area contributed by atoms with Crippen LogP contribution < -0.4 is 4.90 Å². The van der Waals surface area contributed by atoms with Crippen LogP contribution in [0.25, 0.3) is 21.9 Å². The molecule has 0 saturated carbocycles. The van der Waals surface area contributed by atoms with E-state index in [9.17, 15) is 19.2 Å². The molecule has 0 fully saturated rings. The molecule has 5 nitrogen and oxygen atoms in total. The van der Waals surface area contributed by atoms with Crippen molar-refractivity contribution in [1.29, 1.82) is 0 Å². The Labute approximate surface area is 211 Å². The predicted octanol–water partition coefficient (Wildman–Crippen LogP) is 6.08. The van der Waals surface area contributed by atoms with Crippen molar-refractivity contribution in [1.82, 2.24) is 0 Å². The number of hydrogen-bond acceptors (Lipinski definition) is 4. The monoisotopic (exact) mass is 479 g/mol. The Morgan fingerprint density at radius 1 is 0.405 bits per heavy atom. The fourth-order valence-electron chi connectivity index (χ4n) is 5.52. The lowest BCUT2D eigenvalue weighted by Crippen LogP contribution is -2.40. The van der Waals surface area contributed by atoms with Crippen molar-refractivity contribution in [2.45, 2.75) is 0 Å². The highest BCUT2D eigenvalue weighted by Gasteiger charge is 2.37. The largest absolute Gasteiger partial charge is 0.289 e. The fourth-order valence-corrected chi connectivity index (χ4v) is 5.52. The zero-order valence-corrected chi connectivity index (χ0v) is 19.4. The van der Waals surface area contributed by atoms with Crippen LogP contribution in [-0.4, -0.2) is 23.4 Å². The molecule has 0 unspecified atom stereocenters. The fraction of sp³-hybridized carbons (Fsp3) is 0. The summed E-state index contributed by atoms with van der Waals surface area (Å²) in [5.74, 6) is -1.35. The summed E-state index contributed by atoms with van der Waals surface area (Å²) in [4.78, 5) is 55.6. The number of anilines is 1. The number of imide groups is 1. The van der Waals surface area contributed by atoms with E-state index in [-0.39, 0.29) is 17.1 Å². The van der Waals surface area contributed by atoms with E-state index in [1.807, 2.05) is 12.1 Å². The predicted molar refractivity (Wildman–Crippen MR) is 140 cm³/mol. The van der Waals surface area contributed by atoms with Crippen LogP contribution in [0.4, 0.5) is 5.69 Å². The van der Waals surface area contributed by atoms with Gasteiger partial charge in [0.1, 0.15) is 0 Å². The van der Waals surface area contributed by atoms with Crippen LogP contribution in [0.15, 0.2) is 103 Å². The Morgan fingerprint density at radius 3 is 1.57 bits per heavy atom. The molecule has 0 spiro atoms. The number of para-hydroxylation sites is 1. The van der Waals surface area contributed by atoms with Crippen molar-refractivity contribution < 1.29 is 19.2 Å². The number of carbonyl (C=O) groups is 4. The summed E-state index contributed by atoms with van der Waals surface area (Å²) in [6, 6.07) is 29.7. The maximum Gasteiger partial charge on any atom is 0.266 e. The van der Waals surface area contributed by atoms with E-state index in [2.05, 4.69) is 0 Å². The lowest BCUT2D eigenvalue weighted by Gasteiger charge is -2.29. The summed E-state index contributed by atoms with van der Waals surface area (Å²) in [6.07, 6.45) is 0. The molecule has 174 valence electrons. The second-order valence-electron chi connectivity index (χ2n) is 9.10. The maximum atomic E-state index is 13.8. The van der Waals surface area contributed by atoms with Gasteiger partial charge in [0.2, 0.25) is 0 Å². The first kappa shape index (κ1) is 21.1.